The Kier molecular flexibility index (Phi) is 3.24. The number of aldehydes is 1. The van der Waals surface area contributed by atoms with E-state index in [9.17, 15) is 4.79 Å². The number of hydrogen-bond donors (Lipinski definition) is 0. The SMILES string of the molecule is COc1cc(C)c(-c2nc(C=O)cs2)cc1C. The standard InChI is InChI=1S/C13H13NO2S/c1-8-5-12(16-3)9(2)4-11(8)13-14-10(6-15)7-17-13/h4-7H,1-3H3. The molecule has 0 saturated heterocycles. The molecule has 0 saturated carbocycles. The second kappa shape index (κ2) is 4.67. The van der Waals surface area contributed by atoms with Gasteiger partial charge in [0.25, 0.3) is 0 Å². The van der Waals surface area contributed by atoms with Gasteiger partial charge in [-0.2, -0.15) is 0 Å². The van der Waals surface area contributed by atoms with Crippen molar-refractivity contribution >= 4 is 17.6 Å². The van der Waals surface area contributed by atoms with Gasteiger partial charge in [0.2, 0.25) is 0 Å². The number of benzene rings is 1. The Morgan fingerprint density at radius 2 is 2.06 bits per heavy atom. The molecule has 1 heterocycles. The second-order valence-electron chi connectivity index (χ2n) is 3.83. The van der Waals surface area contributed by atoms with E-state index in [2.05, 4.69) is 4.98 Å². The Balaban J connectivity index is 2.52. The van der Waals surface area contributed by atoms with Crippen molar-refractivity contribution in [3.63, 3.8) is 0 Å². The monoisotopic (exact) mass is 247 g/mol. The van der Waals surface area contributed by atoms with Crippen LogP contribution in [0.25, 0.3) is 10.6 Å². The van der Waals surface area contributed by atoms with Gasteiger partial charge in [0.15, 0.2) is 6.29 Å². The fourth-order valence-electron chi connectivity index (χ4n) is 1.70. The van der Waals surface area contributed by atoms with E-state index in [1.54, 1.807) is 12.5 Å². The van der Waals surface area contributed by atoms with Crippen molar-refractivity contribution in [2.75, 3.05) is 7.11 Å². The molecule has 0 bridgehead atoms. The van der Waals surface area contributed by atoms with Gasteiger partial charge in [0.1, 0.15) is 16.5 Å². The van der Waals surface area contributed by atoms with Crippen molar-refractivity contribution in [1.29, 1.82) is 0 Å². The van der Waals surface area contributed by atoms with Gasteiger partial charge in [0, 0.05) is 10.9 Å². The minimum atomic E-state index is 0.484. The minimum Gasteiger partial charge on any atom is -0.496 e. The van der Waals surface area contributed by atoms with Crippen molar-refractivity contribution in [3.05, 3.63) is 34.3 Å². The summed E-state index contributed by atoms with van der Waals surface area (Å²) < 4.78 is 5.27. The predicted octanol–water partition coefficient (Wildman–Crippen LogP) is 3.25. The number of hydrogen-bond acceptors (Lipinski definition) is 4. The summed E-state index contributed by atoms with van der Waals surface area (Å²) >= 11 is 1.48. The third-order valence-corrected chi connectivity index (χ3v) is 3.51. The summed E-state index contributed by atoms with van der Waals surface area (Å²) in [5.74, 6) is 0.874. The molecular weight excluding hydrogens is 234 g/mol. The molecule has 0 fully saturated rings. The lowest BCUT2D eigenvalue weighted by Crippen LogP contribution is -1.91. The lowest BCUT2D eigenvalue weighted by molar-refractivity contribution is 0.111. The van der Waals surface area contributed by atoms with Crippen LogP contribution in [-0.2, 0) is 0 Å². The Labute approximate surface area is 104 Å². The molecule has 0 spiro atoms. The second-order valence-corrected chi connectivity index (χ2v) is 4.69. The van der Waals surface area contributed by atoms with Crippen LogP contribution in [0.5, 0.6) is 5.75 Å². The molecule has 4 heteroatoms. The van der Waals surface area contributed by atoms with Crippen LogP contribution >= 0.6 is 11.3 Å². The summed E-state index contributed by atoms with van der Waals surface area (Å²) in [4.78, 5) is 14.9. The van der Waals surface area contributed by atoms with Crippen molar-refractivity contribution in [1.82, 2.24) is 4.98 Å². The zero-order chi connectivity index (χ0) is 12.4. The average Bonchev–Trinajstić information content (AvgIpc) is 2.80. The van der Waals surface area contributed by atoms with Crippen molar-refractivity contribution in [3.8, 4) is 16.3 Å². The van der Waals surface area contributed by atoms with Crippen LogP contribution in [0.2, 0.25) is 0 Å². The largest absolute Gasteiger partial charge is 0.496 e. The maximum Gasteiger partial charge on any atom is 0.169 e. The highest BCUT2D eigenvalue weighted by Crippen LogP contribution is 2.31. The van der Waals surface area contributed by atoms with E-state index < -0.39 is 0 Å². The van der Waals surface area contributed by atoms with Gasteiger partial charge in [-0.25, -0.2) is 4.98 Å². The summed E-state index contributed by atoms with van der Waals surface area (Å²) in [5.41, 5.74) is 3.70. The van der Waals surface area contributed by atoms with E-state index in [0.717, 1.165) is 33.7 Å². The van der Waals surface area contributed by atoms with Gasteiger partial charge in [0.05, 0.1) is 7.11 Å². The number of methoxy groups -OCH3 is 1. The molecule has 2 rings (SSSR count). The minimum absolute atomic E-state index is 0.484. The first-order chi connectivity index (χ1) is 8.15. The van der Waals surface area contributed by atoms with E-state index in [-0.39, 0.29) is 0 Å². The van der Waals surface area contributed by atoms with Crippen molar-refractivity contribution in [2.24, 2.45) is 0 Å². The highest BCUT2D eigenvalue weighted by Gasteiger charge is 2.10. The molecule has 3 nitrogen and oxygen atoms in total. The maximum absolute atomic E-state index is 10.6. The van der Waals surface area contributed by atoms with Gasteiger partial charge >= 0.3 is 0 Å². The quantitative estimate of drug-likeness (QED) is 0.781. The van der Waals surface area contributed by atoms with Crippen LogP contribution in [0.3, 0.4) is 0 Å². The van der Waals surface area contributed by atoms with Crippen LogP contribution in [0.1, 0.15) is 21.6 Å². The van der Waals surface area contributed by atoms with E-state index in [1.165, 1.54) is 11.3 Å². The Morgan fingerprint density at radius 3 is 2.65 bits per heavy atom. The van der Waals surface area contributed by atoms with Crippen molar-refractivity contribution in [2.45, 2.75) is 13.8 Å². The van der Waals surface area contributed by atoms with E-state index in [4.69, 9.17) is 4.74 Å². The summed E-state index contributed by atoms with van der Waals surface area (Å²) in [6.07, 6.45) is 0.770. The van der Waals surface area contributed by atoms with E-state index in [0.29, 0.717) is 5.69 Å². The Hall–Kier alpha value is -1.68. The van der Waals surface area contributed by atoms with Gasteiger partial charge < -0.3 is 4.74 Å². The first kappa shape index (κ1) is 11.8. The molecule has 0 aliphatic carbocycles. The summed E-state index contributed by atoms with van der Waals surface area (Å²) in [6, 6.07) is 4.04. The summed E-state index contributed by atoms with van der Waals surface area (Å²) in [6.45, 7) is 4.01. The number of rotatable bonds is 3. The third-order valence-electron chi connectivity index (χ3n) is 2.61. The van der Waals surface area contributed by atoms with Crippen molar-refractivity contribution < 1.29 is 9.53 Å². The predicted molar refractivity (Wildman–Crippen MR) is 69.0 cm³/mol. The highest BCUT2D eigenvalue weighted by molar-refractivity contribution is 7.13. The maximum atomic E-state index is 10.6. The van der Waals surface area contributed by atoms with Crippen LogP contribution in [0.4, 0.5) is 0 Å². The number of nitrogens with zero attached hydrogens (tertiary/aromatic N) is 1. The topological polar surface area (TPSA) is 39.2 Å². The summed E-state index contributed by atoms with van der Waals surface area (Å²) in [7, 11) is 1.66. The summed E-state index contributed by atoms with van der Waals surface area (Å²) in [5, 5.41) is 2.64. The number of aryl methyl sites for hydroxylation is 2. The fourth-order valence-corrected chi connectivity index (χ4v) is 2.55. The molecule has 1 aromatic heterocycles. The molecule has 0 aliphatic heterocycles. The number of carbonyl (C=O) groups excluding carboxylic acids is 1. The normalized spacial score (nSPS) is 10.3. The molecule has 0 N–H and O–H groups in total. The van der Waals surface area contributed by atoms with Gasteiger partial charge in [-0.15, -0.1) is 11.3 Å². The number of aromatic nitrogens is 1. The third kappa shape index (κ3) is 2.22. The lowest BCUT2D eigenvalue weighted by atomic mass is 10.1. The molecule has 88 valence electrons. The van der Waals surface area contributed by atoms with Gasteiger partial charge in [-0.1, -0.05) is 0 Å². The van der Waals surface area contributed by atoms with Crippen LogP contribution in [0, 0.1) is 13.8 Å². The zero-order valence-corrected chi connectivity index (χ0v) is 10.8. The zero-order valence-electron chi connectivity index (χ0n) is 9.98. The van der Waals surface area contributed by atoms with E-state index in [1.807, 2.05) is 26.0 Å². The number of ether oxygens (including phenoxy) is 1. The average molecular weight is 247 g/mol. The van der Waals surface area contributed by atoms with Gasteiger partial charge in [-0.05, 0) is 37.1 Å². The van der Waals surface area contributed by atoms with Gasteiger partial charge in [-0.3, -0.25) is 4.79 Å². The van der Waals surface area contributed by atoms with E-state index >= 15 is 0 Å². The molecule has 1 aromatic carbocycles. The lowest BCUT2D eigenvalue weighted by Gasteiger charge is -2.09. The Bertz CT molecular complexity index is 561. The molecule has 0 unspecified atom stereocenters. The highest BCUT2D eigenvalue weighted by atomic mass is 32.1. The Morgan fingerprint density at radius 1 is 1.29 bits per heavy atom. The molecule has 0 aliphatic rings. The first-order valence-corrected chi connectivity index (χ1v) is 6.10. The molecule has 0 amide bonds. The van der Waals surface area contributed by atoms with Crippen LogP contribution in [-0.4, -0.2) is 18.4 Å². The molecule has 0 radical (unpaired) electrons. The van der Waals surface area contributed by atoms with Crippen LogP contribution in [0.15, 0.2) is 17.5 Å². The smallest absolute Gasteiger partial charge is 0.169 e. The molecule has 17 heavy (non-hydrogen) atoms. The fraction of sp³-hybridized carbons (Fsp3) is 0.231. The molecular formula is C13H13NO2S. The van der Waals surface area contributed by atoms with Crippen LogP contribution < -0.4 is 4.74 Å². The number of carbonyl (C=O) groups is 1. The molecule has 2 aromatic rings. The number of thiazole rings is 1. The first-order valence-electron chi connectivity index (χ1n) is 5.22. The molecule has 0 atom stereocenters.